The second-order valence-corrected chi connectivity index (χ2v) is 9.53. The first-order valence-electron chi connectivity index (χ1n) is 9.84. The fourth-order valence-corrected chi connectivity index (χ4v) is 5.80. The van der Waals surface area contributed by atoms with Gasteiger partial charge >= 0.3 is 0 Å². The van der Waals surface area contributed by atoms with Crippen LogP contribution in [-0.2, 0) is 26.0 Å². The van der Waals surface area contributed by atoms with Gasteiger partial charge in [0.05, 0.1) is 4.90 Å². The maximum atomic E-state index is 13.4. The largest absolute Gasteiger partial charge is 0.310 e. The Morgan fingerprint density at radius 2 is 1.79 bits per heavy atom. The van der Waals surface area contributed by atoms with Gasteiger partial charge in [0.1, 0.15) is 6.04 Å². The highest BCUT2D eigenvalue weighted by atomic mass is 32.2. The molecule has 0 aromatic heterocycles. The van der Waals surface area contributed by atoms with Crippen LogP contribution in [0.2, 0.25) is 0 Å². The van der Waals surface area contributed by atoms with E-state index in [0.717, 1.165) is 39.5 Å². The summed E-state index contributed by atoms with van der Waals surface area (Å²) in [4.78, 5) is 27.6. The van der Waals surface area contributed by atoms with Crippen molar-refractivity contribution in [3.05, 3.63) is 59.2 Å². The Balaban J connectivity index is 1.70. The van der Waals surface area contributed by atoms with Crippen LogP contribution in [0.15, 0.2) is 47.4 Å². The first-order chi connectivity index (χ1) is 13.8. The minimum Gasteiger partial charge on any atom is -0.310 e. The van der Waals surface area contributed by atoms with Gasteiger partial charge in [-0.3, -0.25) is 9.59 Å². The van der Waals surface area contributed by atoms with Gasteiger partial charge in [0.25, 0.3) is 15.9 Å². The number of hydrogen-bond donors (Lipinski definition) is 0. The van der Waals surface area contributed by atoms with Gasteiger partial charge in [0, 0.05) is 18.7 Å². The zero-order chi connectivity index (χ0) is 20.8. The van der Waals surface area contributed by atoms with Crippen LogP contribution in [0.4, 0.5) is 5.69 Å². The van der Waals surface area contributed by atoms with Gasteiger partial charge in [-0.05, 0) is 68.0 Å². The Hall–Kier alpha value is -2.67. The maximum absolute atomic E-state index is 13.4. The van der Waals surface area contributed by atoms with Crippen molar-refractivity contribution < 1.29 is 18.0 Å². The Morgan fingerprint density at radius 3 is 2.55 bits per heavy atom. The molecule has 6 nitrogen and oxygen atoms in total. The SMILES string of the molecule is Cc1ccc(S(=O)(=O)N2C(=O)CC[C@@H]2C(=O)N2CCCc3ccccc32)cc1C. The molecule has 0 aliphatic carbocycles. The summed E-state index contributed by atoms with van der Waals surface area (Å²) in [5, 5.41) is 0. The second-order valence-electron chi connectivity index (χ2n) is 7.72. The Bertz CT molecular complexity index is 1090. The first-order valence-corrected chi connectivity index (χ1v) is 11.3. The fraction of sp³-hybridized carbons (Fsp3) is 0.364. The van der Waals surface area contributed by atoms with E-state index in [9.17, 15) is 18.0 Å². The summed E-state index contributed by atoms with van der Waals surface area (Å²) < 4.78 is 27.4. The Morgan fingerprint density at radius 1 is 1.03 bits per heavy atom. The van der Waals surface area contributed by atoms with Gasteiger partial charge < -0.3 is 4.90 Å². The lowest BCUT2D eigenvalue weighted by atomic mass is 10.0. The van der Waals surface area contributed by atoms with Crippen LogP contribution in [0.1, 0.15) is 36.0 Å². The topological polar surface area (TPSA) is 74.8 Å². The standard InChI is InChI=1S/C22H24N2O4S/c1-15-9-10-18(14-16(15)2)29(27,28)24-20(11-12-21(24)25)22(26)23-13-5-7-17-6-3-4-8-19(17)23/h3-4,6,8-10,14,20H,5,7,11-13H2,1-2H3/t20-/m1/s1. The zero-order valence-corrected chi connectivity index (χ0v) is 17.4. The van der Waals surface area contributed by atoms with Crippen LogP contribution < -0.4 is 4.90 Å². The summed E-state index contributed by atoms with van der Waals surface area (Å²) in [6, 6.07) is 11.5. The highest BCUT2D eigenvalue weighted by Gasteiger charge is 2.46. The smallest absolute Gasteiger partial charge is 0.267 e. The van der Waals surface area contributed by atoms with E-state index in [1.54, 1.807) is 17.0 Å². The van der Waals surface area contributed by atoms with E-state index in [1.165, 1.54) is 6.07 Å². The molecule has 0 saturated carbocycles. The molecule has 2 amide bonds. The lowest BCUT2D eigenvalue weighted by molar-refractivity contribution is -0.129. The summed E-state index contributed by atoms with van der Waals surface area (Å²) in [5.74, 6) is -0.845. The van der Waals surface area contributed by atoms with Crippen molar-refractivity contribution in [1.82, 2.24) is 4.31 Å². The number of fused-ring (bicyclic) bond motifs is 1. The zero-order valence-electron chi connectivity index (χ0n) is 16.6. The van der Waals surface area contributed by atoms with Crippen molar-refractivity contribution in [2.45, 2.75) is 50.5 Å². The molecule has 2 heterocycles. The molecule has 4 rings (SSSR count). The number of carbonyl (C=O) groups excluding carboxylic acids is 2. The number of carbonyl (C=O) groups is 2. The van der Waals surface area contributed by atoms with Crippen LogP contribution >= 0.6 is 0 Å². The minimum absolute atomic E-state index is 0.0488. The third-order valence-corrected chi connectivity index (χ3v) is 7.68. The molecule has 0 radical (unpaired) electrons. The number of benzene rings is 2. The van der Waals surface area contributed by atoms with Gasteiger partial charge in [0.15, 0.2) is 0 Å². The van der Waals surface area contributed by atoms with Gasteiger partial charge in [-0.25, -0.2) is 12.7 Å². The highest BCUT2D eigenvalue weighted by Crippen LogP contribution is 2.33. The first kappa shape index (κ1) is 19.6. The van der Waals surface area contributed by atoms with Gasteiger partial charge in [-0.1, -0.05) is 24.3 Å². The van der Waals surface area contributed by atoms with Crippen LogP contribution in [0.5, 0.6) is 0 Å². The number of sulfonamides is 1. The summed E-state index contributed by atoms with van der Waals surface area (Å²) in [7, 11) is -4.10. The second kappa shape index (κ2) is 7.30. The van der Waals surface area contributed by atoms with Gasteiger partial charge in [-0.15, -0.1) is 0 Å². The average molecular weight is 413 g/mol. The molecule has 1 atom stereocenters. The number of para-hydroxylation sites is 1. The monoisotopic (exact) mass is 412 g/mol. The number of nitrogens with zero attached hydrogens (tertiary/aromatic N) is 2. The molecule has 2 aliphatic rings. The number of anilines is 1. The quantitative estimate of drug-likeness (QED) is 0.777. The highest BCUT2D eigenvalue weighted by molar-refractivity contribution is 7.89. The summed E-state index contributed by atoms with van der Waals surface area (Å²) in [5.41, 5.74) is 3.67. The number of amides is 2. The molecule has 0 spiro atoms. The van der Waals surface area contributed by atoms with Crippen molar-refractivity contribution >= 4 is 27.5 Å². The molecule has 0 unspecified atom stereocenters. The molecule has 152 valence electrons. The Kier molecular flexibility index (Phi) is 4.94. The third kappa shape index (κ3) is 3.33. The van der Waals surface area contributed by atoms with E-state index in [1.807, 2.05) is 38.1 Å². The van der Waals surface area contributed by atoms with Gasteiger partial charge in [0.2, 0.25) is 5.91 Å². The van der Waals surface area contributed by atoms with Crippen LogP contribution in [0.3, 0.4) is 0 Å². The lowest BCUT2D eigenvalue weighted by Crippen LogP contribution is -2.50. The molecule has 2 aromatic rings. The number of aryl methyl sites for hydroxylation is 3. The van der Waals surface area contributed by atoms with Crippen molar-refractivity contribution in [3.8, 4) is 0 Å². The molecule has 2 aliphatic heterocycles. The van der Waals surface area contributed by atoms with E-state index in [-0.39, 0.29) is 23.6 Å². The Labute approximate surface area is 171 Å². The lowest BCUT2D eigenvalue weighted by Gasteiger charge is -2.33. The van der Waals surface area contributed by atoms with Crippen LogP contribution in [0.25, 0.3) is 0 Å². The summed E-state index contributed by atoms with van der Waals surface area (Å²) >= 11 is 0. The molecule has 0 N–H and O–H groups in total. The molecular formula is C22H24N2O4S. The molecule has 0 bridgehead atoms. The number of hydrogen-bond acceptors (Lipinski definition) is 4. The summed E-state index contributed by atoms with van der Waals surface area (Å²) in [6.07, 6.45) is 1.96. The van der Waals surface area contributed by atoms with Crippen molar-refractivity contribution in [1.29, 1.82) is 0 Å². The molecule has 2 aromatic carbocycles. The van der Waals surface area contributed by atoms with E-state index in [0.29, 0.717) is 6.54 Å². The maximum Gasteiger partial charge on any atom is 0.267 e. The molecule has 7 heteroatoms. The number of rotatable bonds is 3. The minimum atomic E-state index is -4.10. The average Bonchev–Trinajstić information content (AvgIpc) is 3.11. The van der Waals surface area contributed by atoms with Crippen molar-refractivity contribution in [3.63, 3.8) is 0 Å². The molecule has 1 saturated heterocycles. The van der Waals surface area contributed by atoms with E-state index < -0.39 is 22.0 Å². The molecule has 1 fully saturated rings. The molecule has 29 heavy (non-hydrogen) atoms. The van der Waals surface area contributed by atoms with Gasteiger partial charge in [-0.2, -0.15) is 0 Å². The van der Waals surface area contributed by atoms with E-state index in [4.69, 9.17) is 0 Å². The molecular weight excluding hydrogens is 388 g/mol. The van der Waals surface area contributed by atoms with Crippen LogP contribution in [0, 0.1) is 13.8 Å². The van der Waals surface area contributed by atoms with Crippen molar-refractivity contribution in [2.75, 3.05) is 11.4 Å². The van der Waals surface area contributed by atoms with E-state index >= 15 is 0 Å². The van der Waals surface area contributed by atoms with Crippen molar-refractivity contribution in [2.24, 2.45) is 0 Å². The normalized spacial score (nSPS) is 19.4. The fourth-order valence-electron chi connectivity index (χ4n) is 4.12. The summed E-state index contributed by atoms with van der Waals surface area (Å²) in [6.45, 7) is 4.25. The predicted octanol–water partition coefficient (Wildman–Crippen LogP) is 2.96. The third-order valence-electron chi connectivity index (χ3n) is 5.86. The predicted molar refractivity (Wildman–Crippen MR) is 110 cm³/mol. The van der Waals surface area contributed by atoms with Crippen LogP contribution in [-0.4, -0.2) is 37.1 Å². The van der Waals surface area contributed by atoms with E-state index in [2.05, 4.69) is 0 Å².